The van der Waals surface area contributed by atoms with Gasteiger partial charge < -0.3 is 29.2 Å². The maximum Gasteiger partial charge on any atom is 0.295 e. The zero-order valence-corrected chi connectivity index (χ0v) is 18.3. The molecule has 3 aromatic rings. The fourth-order valence-electron chi connectivity index (χ4n) is 4.34. The fourth-order valence-corrected chi connectivity index (χ4v) is 4.34. The summed E-state index contributed by atoms with van der Waals surface area (Å²) in [7, 11) is 0. The van der Waals surface area contributed by atoms with Gasteiger partial charge in [0, 0.05) is 31.0 Å². The lowest BCUT2D eigenvalue weighted by atomic mass is 9.95. The average Bonchev–Trinajstić information content (AvgIpc) is 3.45. The van der Waals surface area contributed by atoms with Gasteiger partial charge in [0.1, 0.15) is 24.7 Å². The minimum absolute atomic E-state index is 0.000771. The number of amides is 1. The zero-order chi connectivity index (χ0) is 23.7. The highest BCUT2D eigenvalue weighted by atomic mass is 16.6. The molecule has 0 bridgehead atoms. The normalized spacial score (nSPS) is 18.9. The molecule has 9 heteroatoms. The first kappa shape index (κ1) is 21.6. The standard InChI is InChI=1S/C25H23N3O6/c29-18-4-1-3-16(13-18)22-21(23(30)17-5-6-19-20(14-17)34-12-11-33-19)24(31)25(32)28(22)9-2-8-27-10-7-26-15-27/h1,3-7,10,13-15,22,29-30H,2,8-9,11-12H2/b23-21+. The van der Waals surface area contributed by atoms with Crippen molar-refractivity contribution >= 4 is 17.4 Å². The smallest absolute Gasteiger partial charge is 0.295 e. The Labute approximate surface area is 195 Å². The molecule has 0 saturated carbocycles. The first-order valence-corrected chi connectivity index (χ1v) is 11.0. The number of phenols is 1. The summed E-state index contributed by atoms with van der Waals surface area (Å²) in [5.41, 5.74) is 0.835. The molecule has 34 heavy (non-hydrogen) atoms. The highest BCUT2D eigenvalue weighted by Crippen LogP contribution is 2.41. The number of hydrogen-bond acceptors (Lipinski definition) is 7. The third kappa shape index (κ3) is 3.96. The molecule has 0 spiro atoms. The number of aromatic hydroxyl groups is 1. The van der Waals surface area contributed by atoms with Crippen LogP contribution in [0.25, 0.3) is 5.76 Å². The van der Waals surface area contributed by atoms with Gasteiger partial charge in [0.2, 0.25) is 0 Å². The highest BCUT2D eigenvalue weighted by molar-refractivity contribution is 6.46. The van der Waals surface area contributed by atoms with Crippen molar-refractivity contribution in [2.45, 2.75) is 19.0 Å². The summed E-state index contributed by atoms with van der Waals surface area (Å²) in [6.45, 7) is 1.70. The van der Waals surface area contributed by atoms with Crippen LogP contribution in [0.3, 0.4) is 0 Å². The number of rotatable bonds is 6. The SMILES string of the molecule is O=C1C(=O)N(CCCn2ccnc2)C(c2cccc(O)c2)/C1=C(\O)c1ccc2c(c1)OCCO2. The van der Waals surface area contributed by atoms with Crippen LogP contribution < -0.4 is 9.47 Å². The third-order valence-electron chi connectivity index (χ3n) is 5.92. The van der Waals surface area contributed by atoms with E-state index in [9.17, 15) is 19.8 Å². The Kier molecular flexibility index (Phi) is 5.67. The van der Waals surface area contributed by atoms with Crippen LogP contribution in [0.5, 0.6) is 17.2 Å². The Hall–Kier alpha value is -4.27. The number of carbonyl (C=O) groups is 2. The molecule has 1 amide bonds. The number of phenolic OH excluding ortho intramolecular Hbond substituents is 1. The number of aliphatic hydroxyl groups is 1. The van der Waals surface area contributed by atoms with Gasteiger partial charge in [0.25, 0.3) is 11.7 Å². The van der Waals surface area contributed by atoms with Gasteiger partial charge in [0.05, 0.1) is 17.9 Å². The Morgan fingerprint density at radius 1 is 1.06 bits per heavy atom. The third-order valence-corrected chi connectivity index (χ3v) is 5.92. The maximum atomic E-state index is 13.1. The first-order chi connectivity index (χ1) is 16.5. The lowest BCUT2D eigenvalue weighted by Crippen LogP contribution is -2.31. The van der Waals surface area contributed by atoms with Crippen LogP contribution in [0.1, 0.15) is 23.6 Å². The van der Waals surface area contributed by atoms with Crippen molar-refractivity contribution in [1.29, 1.82) is 0 Å². The van der Waals surface area contributed by atoms with E-state index in [-0.39, 0.29) is 23.6 Å². The number of nitrogens with zero attached hydrogens (tertiary/aromatic N) is 3. The molecule has 3 heterocycles. The van der Waals surface area contributed by atoms with Crippen molar-refractivity contribution < 1.29 is 29.3 Å². The van der Waals surface area contributed by atoms with E-state index in [4.69, 9.17) is 9.47 Å². The number of ketones is 1. The van der Waals surface area contributed by atoms with Crippen LogP contribution in [0, 0.1) is 0 Å². The van der Waals surface area contributed by atoms with Crippen LogP contribution in [-0.2, 0) is 16.1 Å². The number of likely N-dealkylation sites (tertiary alicyclic amines) is 1. The highest BCUT2D eigenvalue weighted by Gasteiger charge is 2.46. The van der Waals surface area contributed by atoms with Crippen molar-refractivity contribution in [1.82, 2.24) is 14.5 Å². The minimum atomic E-state index is -0.844. The summed E-state index contributed by atoms with van der Waals surface area (Å²) in [5.74, 6) is -0.769. The molecule has 0 aliphatic carbocycles. The predicted octanol–water partition coefficient (Wildman–Crippen LogP) is 2.87. The van der Waals surface area contributed by atoms with Crippen molar-refractivity contribution in [2.24, 2.45) is 0 Å². The van der Waals surface area contributed by atoms with Crippen LogP contribution in [0.4, 0.5) is 0 Å². The van der Waals surface area contributed by atoms with E-state index < -0.39 is 17.7 Å². The summed E-state index contributed by atoms with van der Waals surface area (Å²) in [6.07, 6.45) is 5.75. The molecule has 1 atom stereocenters. The Bertz CT molecular complexity index is 1270. The van der Waals surface area contributed by atoms with Gasteiger partial charge in [-0.05, 0) is 42.3 Å². The summed E-state index contributed by atoms with van der Waals surface area (Å²) in [6, 6.07) is 10.4. The molecule has 2 N–H and O–H groups in total. The van der Waals surface area contributed by atoms with Crippen molar-refractivity contribution in [2.75, 3.05) is 19.8 Å². The van der Waals surface area contributed by atoms with Gasteiger partial charge in [0.15, 0.2) is 11.5 Å². The monoisotopic (exact) mass is 461 g/mol. The Morgan fingerprint density at radius 3 is 2.65 bits per heavy atom. The van der Waals surface area contributed by atoms with E-state index in [1.807, 2.05) is 10.8 Å². The molecular formula is C25H23N3O6. The molecule has 2 aliphatic heterocycles. The number of aryl methyl sites for hydroxylation is 1. The van der Waals surface area contributed by atoms with Crippen LogP contribution in [0.2, 0.25) is 0 Å². The number of carbonyl (C=O) groups excluding carboxylic acids is 2. The van der Waals surface area contributed by atoms with E-state index in [0.29, 0.717) is 48.8 Å². The second kappa shape index (κ2) is 8.93. The second-order valence-electron chi connectivity index (χ2n) is 8.10. The zero-order valence-electron chi connectivity index (χ0n) is 18.3. The van der Waals surface area contributed by atoms with E-state index in [1.165, 1.54) is 17.0 Å². The quantitative estimate of drug-likeness (QED) is 0.330. The number of aromatic nitrogens is 2. The van der Waals surface area contributed by atoms with E-state index in [1.54, 1.807) is 42.9 Å². The van der Waals surface area contributed by atoms with Gasteiger partial charge in [-0.15, -0.1) is 0 Å². The van der Waals surface area contributed by atoms with Gasteiger partial charge in [-0.3, -0.25) is 9.59 Å². The van der Waals surface area contributed by atoms with Gasteiger partial charge in [-0.2, -0.15) is 0 Å². The molecule has 1 unspecified atom stereocenters. The molecular weight excluding hydrogens is 438 g/mol. The number of hydrogen-bond donors (Lipinski definition) is 2. The lowest BCUT2D eigenvalue weighted by Gasteiger charge is -2.25. The van der Waals surface area contributed by atoms with E-state index in [0.717, 1.165) is 0 Å². The molecule has 2 aliphatic rings. The Morgan fingerprint density at radius 2 is 1.88 bits per heavy atom. The van der Waals surface area contributed by atoms with Crippen molar-refractivity contribution in [3.63, 3.8) is 0 Å². The second-order valence-corrected chi connectivity index (χ2v) is 8.10. The molecule has 5 rings (SSSR count). The number of ether oxygens (including phenoxy) is 2. The summed E-state index contributed by atoms with van der Waals surface area (Å²) >= 11 is 0. The number of benzene rings is 2. The van der Waals surface area contributed by atoms with Gasteiger partial charge in [-0.1, -0.05) is 12.1 Å². The topological polar surface area (TPSA) is 114 Å². The number of fused-ring (bicyclic) bond motifs is 1. The summed E-state index contributed by atoms with van der Waals surface area (Å²) in [5, 5.41) is 21.3. The lowest BCUT2D eigenvalue weighted by molar-refractivity contribution is -0.139. The largest absolute Gasteiger partial charge is 0.508 e. The van der Waals surface area contributed by atoms with Crippen LogP contribution in [0.15, 0.2) is 66.8 Å². The molecule has 1 aromatic heterocycles. The number of imidazole rings is 1. The number of aliphatic hydroxyl groups excluding tert-OH is 1. The average molecular weight is 461 g/mol. The van der Waals surface area contributed by atoms with Gasteiger partial charge in [-0.25, -0.2) is 4.98 Å². The molecule has 174 valence electrons. The van der Waals surface area contributed by atoms with Gasteiger partial charge >= 0.3 is 0 Å². The molecule has 1 fully saturated rings. The minimum Gasteiger partial charge on any atom is -0.508 e. The number of Topliss-reactive ketones (excluding diaryl/α,β-unsaturated/α-hetero) is 1. The summed E-state index contributed by atoms with van der Waals surface area (Å²) in [4.78, 5) is 31.6. The van der Waals surface area contributed by atoms with E-state index >= 15 is 0 Å². The van der Waals surface area contributed by atoms with Crippen LogP contribution in [-0.4, -0.2) is 56.1 Å². The predicted molar refractivity (Wildman–Crippen MR) is 121 cm³/mol. The summed E-state index contributed by atoms with van der Waals surface area (Å²) < 4.78 is 13.0. The van der Waals surface area contributed by atoms with Crippen molar-refractivity contribution in [3.05, 3.63) is 77.9 Å². The van der Waals surface area contributed by atoms with Crippen LogP contribution >= 0.6 is 0 Å². The maximum absolute atomic E-state index is 13.1. The van der Waals surface area contributed by atoms with Crippen molar-refractivity contribution in [3.8, 4) is 17.2 Å². The molecule has 0 radical (unpaired) electrons. The first-order valence-electron chi connectivity index (χ1n) is 11.0. The molecule has 9 nitrogen and oxygen atoms in total. The Balaban J connectivity index is 1.54. The van der Waals surface area contributed by atoms with E-state index in [2.05, 4.69) is 4.98 Å². The molecule has 2 aromatic carbocycles. The molecule has 1 saturated heterocycles. The fraction of sp³-hybridized carbons (Fsp3) is 0.240.